The molecule has 0 saturated heterocycles. The fourth-order valence-corrected chi connectivity index (χ4v) is 1.95. The Balaban J connectivity index is 2.49. The van der Waals surface area contributed by atoms with Crippen LogP contribution in [-0.4, -0.2) is 4.98 Å². The molecule has 13 heavy (non-hydrogen) atoms. The Kier molecular flexibility index (Phi) is 2.02. The number of hydrogen-bond acceptors (Lipinski definition) is 1. The van der Waals surface area contributed by atoms with Crippen LogP contribution in [0.4, 0.5) is 0 Å². The lowest BCUT2D eigenvalue weighted by Gasteiger charge is -2.21. The summed E-state index contributed by atoms with van der Waals surface area (Å²) in [4.78, 5) is 7.92. The average molecular weight is 172 g/mol. The van der Waals surface area contributed by atoms with Crippen molar-refractivity contribution in [3.63, 3.8) is 0 Å². The lowest BCUT2D eigenvalue weighted by molar-refractivity contribution is 0.539. The molecule has 2 heteroatoms. The van der Waals surface area contributed by atoms with Gasteiger partial charge in [0.1, 0.15) is 5.69 Å². The predicted molar refractivity (Wildman–Crippen MR) is 51.2 cm³/mol. The smallest absolute Gasteiger partial charge is 0.265 e. The number of aromatic nitrogens is 1. The zero-order chi connectivity index (χ0) is 9.26. The highest BCUT2D eigenvalue weighted by atomic mass is 14.8. The predicted octanol–water partition coefficient (Wildman–Crippen LogP) is 2.94. The fraction of sp³-hybridized carbons (Fsp3) is 0.455. The number of pyridine rings is 1. The molecule has 66 valence electrons. The maximum absolute atomic E-state index is 7.08. The summed E-state index contributed by atoms with van der Waals surface area (Å²) < 4.78 is 0. The van der Waals surface area contributed by atoms with Crippen LogP contribution >= 0.6 is 0 Å². The molecule has 1 aromatic rings. The molecule has 0 amide bonds. The van der Waals surface area contributed by atoms with Crippen LogP contribution in [-0.2, 0) is 0 Å². The molecule has 2 nitrogen and oxygen atoms in total. The molecule has 2 atom stereocenters. The van der Waals surface area contributed by atoms with E-state index in [9.17, 15) is 0 Å². The average Bonchev–Trinajstić information content (AvgIpc) is 2.19. The van der Waals surface area contributed by atoms with Crippen molar-refractivity contribution in [1.29, 1.82) is 0 Å². The largest absolute Gasteiger partial charge is 0.307 e. The van der Waals surface area contributed by atoms with Crippen LogP contribution in [0.15, 0.2) is 18.3 Å². The van der Waals surface area contributed by atoms with Gasteiger partial charge in [-0.25, -0.2) is 6.57 Å². The zero-order valence-electron chi connectivity index (χ0n) is 7.70. The van der Waals surface area contributed by atoms with Gasteiger partial charge in [0.25, 0.3) is 6.04 Å². The highest BCUT2D eigenvalue weighted by molar-refractivity contribution is 5.30. The van der Waals surface area contributed by atoms with Gasteiger partial charge in [0.05, 0.1) is 0 Å². The van der Waals surface area contributed by atoms with Crippen molar-refractivity contribution in [3.05, 3.63) is 41.0 Å². The van der Waals surface area contributed by atoms with Crippen molar-refractivity contribution in [1.82, 2.24) is 4.98 Å². The molecule has 0 spiro atoms. The molecule has 1 aliphatic carbocycles. The second-order valence-electron chi connectivity index (χ2n) is 3.60. The van der Waals surface area contributed by atoms with Gasteiger partial charge in [0, 0.05) is 12.6 Å². The number of hydrogen-bond donors (Lipinski definition) is 0. The van der Waals surface area contributed by atoms with Gasteiger partial charge in [-0.3, -0.25) is 4.98 Å². The number of fused-ring (bicyclic) bond motifs is 1. The lowest BCUT2D eigenvalue weighted by atomic mass is 9.84. The van der Waals surface area contributed by atoms with Crippen LogP contribution in [0.5, 0.6) is 0 Å². The summed E-state index contributed by atoms with van der Waals surface area (Å²) in [5.74, 6) is 0.571. The summed E-state index contributed by atoms with van der Waals surface area (Å²) in [5, 5.41) is 0. The molecular weight excluding hydrogens is 160 g/mol. The summed E-state index contributed by atoms with van der Waals surface area (Å²) in [6.45, 7) is 9.29. The summed E-state index contributed by atoms with van der Waals surface area (Å²) in [6.07, 6.45) is 3.87. The van der Waals surface area contributed by atoms with Gasteiger partial charge in [-0.2, -0.15) is 0 Å². The topological polar surface area (TPSA) is 17.2 Å². The Morgan fingerprint density at radius 1 is 1.54 bits per heavy atom. The standard InChI is InChI=1S/C11H12N2/c1-8-5-6-10(12-2)11-9(8)4-3-7-13-11/h3-4,7-8,10H,5-6H2,1H3/t8-,10-/m1/s1. The third-order valence-electron chi connectivity index (χ3n) is 2.75. The highest BCUT2D eigenvalue weighted by Gasteiger charge is 2.29. The molecule has 2 rings (SSSR count). The Bertz CT molecular complexity index is 351. The number of nitrogens with zero attached hydrogens (tertiary/aromatic N) is 2. The van der Waals surface area contributed by atoms with E-state index in [1.165, 1.54) is 5.56 Å². The summed E-state index contributed by atoms with van der Waals surface area (Å²) in [5.41, 5.74) is 2.28. The number of rotatable bonds is 0. The van der Waals surface area contributed by atoms with Crippen molar-refractivity contribution in [2.45, 2.75) is 31.7 Å². The molecule has 0 radical (unpaired) electrons. The molecular formula is C11H12N2. The first kappa shape index (κ1) is 8.25. The van der Waals surface area contributed by atoms with Crippen LogP contribution < -0.4 is 0 Å². The second-order valence-corrected chi connectivity index (χ2v) is 3.60. The molecule has 0 saturated carbocycles. The molecule has 0 aromatic carbocycles. The van der Waals surface area contributed by atoms with Gasteiger partial charge in [-0.05, 0) is 24.0 Å². The Morgan fingerprint density at radius 2 is 2.38 bits per heavy atom. The SMILES string of the molecule is [C-]#[N+][C@@H]1CC[C@@H](C)c2cccnc21. The van der Waals surface area contributed by atoms with Gasteiger partial charge >= 0.3 is 0 Å². The van der Waals surface area contributed by atoms with Gasteiger partial charge in [0.15, 0.2) is 0 Å². The van der Waals surface area contributed by atoms with E-state index in [-0.39, 0.29) is 6.04 Å². The minimum Gasteiger partial charge on any atom is -0.307 e. The van der Waals surface area contributed by atoms with Crippen LogP contribution in [0.1, 0.15) is 43.0 Å². The van der Waals surface area contributed by atoms with E-state index in [1.54, 1.807) is 6.20 Å². The third kappa shape index (κ3) is 1.31. The normalized spacial score (nSPS) is 26.2. The molecule has 1 heterocycles. The molecule has 1 aliphatic rings. The van der Waals surface area contributed by atoms with Gasteiger partial charge < -0.3 is 4.85 Å². The van der Waals surface area contributed by atoms with Crippen molar-refractivity contribution in [2.75, 3.05) is 0 Å². The van der Waals surface area contributed by atoms with E-state index >= 15 is 0 Å². The van der Waals surface area contributed by atoms with Crippen LogP contribution in [0.2, 0.25) is 0 Å². The quantitative estimate of drug-likeness (QED) is 0.550. The van der Waals surface area contributed by atoms with Crippen molar-refractivity contribution in [2.24, 2.45) is 0 Å². The van der Waals surface area contributed by atoms with E-state index in [2.05, 4.69) is 22.8 Å². The van der Waals surface area contributed by atoms with E-state index < -0.39 is 0 Å². The van der Waals surface area contributed by atoms with Crippen molar-refractivity contribution in [3.8, 4) is 0 Å². The van der Waals surface area contributed by atoms with E-state index in [0.29, 0.717) is 5.92 Å². The maximum atomic E-state index is 7.08. The Labute approximate surface area is 78.4 Å². The molecule has 1 aromatic heterocycles. The van der Waals surface area contributed by atoms with Gasteiger partial charge in [0.2, 0.25) is 0 Å². The van der Waals surface area contributed by atoms with Crippen LogP contribution in [0.25, 0.3) is 4.85 Å². The monoisotopic (exact) mass is 172 g/mol. The first-order chi connectivity index (χ1) is 6.33. The van der Waals surface area contributed by atoms with Gasteiger partial charge in [-0.15, -0.1) is 0 Å². The zero-order valence-corrected chi connectivity index (χ0v) is 7.70. The van der Waals surface area contributed by atoms with Crippen LogP contribution in [0.3, 0.4) is 0 Å². The fourth-order valence-electron chi connectivity index (χ4n) is 1.95. The molecule has 0 bridgehead atoms. The Hall–Kier alpha value is -1.36. The van der Waals surface area contributed by atoms with E-state index in [4.69, 9.17) is 6.57 Å². The molecule has 0 N–H and O–H groups in total. The minimum atomic E-state index is 0.00685. The van der Waals surface area contributed by atoms with Gasteiger partial charge in [-0.1, -0.05) is 13.0 Å². The molecule has 0 aliphatic heterocycles. The van der Waals surface area contributed by atoms with Crippen LogP contribution in [0, 0.1) is 6.57 Å². The first-order valence-corrected chi connectivity index (χ1v) is 4.64. The molecule has 0 unspecified atom stereocenters. The summed E-state index contributed by atoms with van der Waals surface area (Å²) in [7, 11) is 0. The highest BCUT2D eigenvalue weighted by Crippen LogP contribution is 2.37. The minimum absolute atomic E-state index is 0.00685. The lowest BCUT2D eigenvalue weighted by Crippen LogP contribution is -2.11. The van der Waals surface area contributed by atoms with E-state index in [1.807, 2.05) is 6.07 Å². The molecule has 0 fully saturated rings. The first-order valence-electron chi connectivity index (χ1n) is 4.64. The summed E-state index contributed by atoms with van der Waals surface area (Å²) >= 11 is 0. The van der Waals surface area contributed by atoms with Crippen molar-refractivity contribution >= 4 is 0 Å². The third-order valence-corrected chi connectivity index (χ3v) is 2.75. The van der Waals surface area contributed by atoms with Crippen molar-refractivity contribution < 1.29 is 0 Å². The second kappa shape index (κ2) is 3.18. The maximum Gasteiger partial charge on any atom is 0.265 e. The van der Waals surface area contributed by atoms with E-state index in [0.717, 1.165) is 18.5 Å². The Morgan fingerprint density at radius 3 is 3.15 bits per heavy atom. The summed E-state index contributed by atoms with van der Waals surface area (Å²) in [6, 6.07) is 4.07.